The third-order valence-electron chi connectivity index (χ3n) is 2.45. The van der Waals surface area contributed by atoms with Gasteiger partial charge in [-0.25, -0.2) is 0 Å². The minimum atomic E-state index is 1.05. The van der Waals surface area contributed by atoms with Gasteiger partial charge in [-0.15, -0.1) is 0 Å². The number of hydrogen-bond acceptors (Lipinski definition) is 2. The number of benzene rings is 1. The second-order valence-electron chi connectivity index (χ2n) is 4.16. The fraction of sp³-hybridized carbons (Fsp3) is 0.500. The molecule has 1 aromatic carbocycles. The molecule has 1 aromatic rings. The molecular formula is C12H19BrN2. The number of nitrogens with zero attached hydrogens (tertiary/aromatic N) is 2. The molecule has 0 heterocycles. The Morgan fingerprint density at radius 2 is 1.80 bits per heavy atom. The normalized spacial score (nSPS) is 10.8. The quantitative estimate of drug-likeness (QED) is 0.830. The molecule has 1 rings (SSSR count). The van der Waals surface area contributed by atoms with E-state index in [1.807, 2.05) is 0 Å². The maximum atomic E-state index is 3.48. The number of anilines is 1. The molecule has 0 bridgehead atoms. The number of hydrogen-bond donors (Lipinski definition) is 0. The maximum Gasteiger partial charge on any atom is 0.0394 e. The molecule has 84 valence electrons. The molecular weight excluding hydrogens is 252 g/mol. The van der Waals surface area contributed by atoms with Crippen LogP contribution in [0.25, 0.3) is 0 Å². The predicted molar refractivity (Wildman–Crippen MR) is 70.7 cm³/mol. The predicted octanol–water partition coefficient (Wildman–Crippen LogP) is 2.76. The van der Waals surface area contributed by atoms with Crippen molar-refractivity contribution in [3.05, 3.63) is 28.2 Å². The van der Waals surface area contributed by atoms with Crippen LogP contribution in [0.15, 0.2) is 22.7 Å². The average Bonchev–Trinajstić information content (AvgIpc) is 2.14. The molecule has 0 atom stereocenters. The van der Waals surface area contributed by atoms with Gasteiger partial charge in [0, 0.05) is 30.3 Å². The number of rotatable bonds is 4. The summed E-state index contributed by atoms with van der Waals surface area (Å²) < 4.78 is 1.14. The van der Waals surface area contributed by atoms with Crippen molar-refractivity contribution < 1.29 is 0 Å². The van der Waals surface area contributed by atoms with Crippen molar-refractivity contribution in [3.8, 4) is 0 Å². The van der Waals surface area contributed by atoms with Crippen molar-refractivity contribution in [1.82, 2.24) is 4.90 Å². The summed E-state index contributed by atoms with van der Waals surface area (Å²) in [6.45, 7) is 4.27. The molecule has 0 saturated carbocycles. The number of aryl methyl sites for hydroxylation is 1. The van der Waals surface area contributed by atoms with Crippen LogP contribution in [-0.2, 0) is 0 Å². The van der Waals surface area contributed by atoms with Gasteiger partial charge in [0.05, 0.1) is 0 Å². The highest BCUT2D eigenvalue weighted by Gasteiger charge is 2.04. The van der Waals surface area contributed by atoms with Gasteiger partial charge in [-0.3, -0.25) is 0 Å². The van der Waals surface area contributed by atoms with E-state index in [4.69, 9.17) is 0 Å². The van der Waals surface area contributed by atoms with Crippen LogP contribution < -0.4 is 4.90 Å². The van der Waals surface area contributed by atoms with E-state index < -0.39 is 0 Å². The van der Waals surface area contributed by atoms with Crippen molar-refractivity contribution in [2.75, 3.05) is 39.1 Å². The maximum absolute atomic E-state index is 3.48. The smallest absolute Gasteiger partial charge is 0.0394 e. The topological polar surface area (TPSA) is 6.48 Å². The zero-order valence-corrected chi connectivity index (χ0v) is 11.5. The van der Waals surface area contributed by atoms with E-state index in [1.54, 1.807) is 0 Å². The van der Waals surface area contributed by atoms with Gasteiger partial charge in [0.1, 0.15) is 0 Å². The minimum absolute atomic E-state index is 1.05. The SMILES string of the molecule is Cc1cc(Br)ccc1N(C)CCN(C)C. The summed E-state index contributed by atoms with van der Waals surface area (Å²) in [5, 5.41) is 0. The first-order valence-corrected chi connectivity index (χ1v) is 5.92. The first-order valence-electron chi connectivity index (χ1n) is 5.12. The Labute approximate surface area is 101 Å². The lowest BCUT2D eigenvalue weighted by Crippen LogP contribution is -2.28. The van der Waals surface area contributed by atoms with Gasteiger partial charge >= 0.3 is 0 Å². The molecule has 0 unspecified atom stereocenters. The van der Waals surface area contributed by atoms with Gasteiger partial charge in [-0.05, 0) is 44.8 Å². The molecule has 2 nitrogen and oxygen atoms in total. The van der Waals surface area contributed by atoms with Crippen molar-refractivity contribution in [2.24, 2.45) is 0 Å². The van der Waals surface area contributed by atoms with E-state index in [0.717, 1.165) is 17.6 Å². The first kappa shape index (κ1) is 12.5. The second-order valence-corrected chi connectivity index (χ2v) is 5.07. The summed E-state index contributed by atoms with van der Waals surface area (Å²) in [7, 11) is 6.34. The second kappa shape index (κ2) is 5.52. The van der Waals surface area contributed by atoms with Crippen LogP contribution in [0.2, 0.25) is 0 Å². The molecule has 0 fully saturated rings. The third-order valence-corrected chi connectivity index (χ3v) is 2.95. The number of halogens is 1. The van der Waals surface area contributed by atoms with Crippen LogP contribution >= 0.6 is 15.9 Å². The Bertz CT molecular complexity index is 323. The van der Waals surface area contributed by atoms with Gasteiger partial charge in [0.25, 0.3) is 0 Å². The summed E-state index contributed by atoms with van der Waals surface area (Å²) in [5.41, 5.74) is 2.62. The highest BCUT2D eigenvalue weighted by molar-refractivity contribution is 9.10. The molecule has 15 heavy (non-hydrogen) atoms. The Balaban J connectivity index is 2.69. The summed E-state index contributed by atoms with van der Waals surface area (Å²) in [6, 6.07) is 6.41. The van der Waals surface area contributed by atoms with Gasteiger partial charge in [-0.2, -0.15) is 0 Å². The van der Waals surface area contributed by atoms with Gasteiger partial charge in [0.2, 0.25) is 0 Å². The van der Waals surface area contributed by atoms with Crippen LogP contribution in [0.4, 0.5) is 5.69 Å². The molecule has 3 heteroatoms. The largest absolute Gasteiger partial charge is 0.373 e. The summed E-state index contributed by atoms with van der Waals surface area (Å²) >= 11 is 3.48. The molecule has 0 amide bonds. The fourth-order valence-corrected chi connectivity index (χ4v) is 1.99. The molecule has 0 N–H and O–H groups in total. The first-order chi connectivity index (χ1) is 7.00. The Hall–Kier alpha value is -0.540. The lowest BCUT2D eigenvalue weighted by Gasteiger charge is -2.23. The van der Waals surface area contributed by atoms with Gasteiger partial charge in [0.15, 0.2) is 0 Å². The zero-order chi connectivity index (χ0) is 11.4. The monoisotopic (exact) mass is 270 g/mol. The Kier molecular flexibility index (Phi) is 4.61. The highest BCUT2D eigenvalue weighted by atomic mass is 79.9. The molecule has 0 saturated heterocycles. The van der Waals surface area contributed by atoms with Crippen LogP contribution in [0.3, 0.4) is 0 Å². The van der Waals surface area contributed by atoms with Crippen molar-refractivity contribution in [2.45, 2.75) is 6.92 Å². The average molecular weight is 271 g/mol. The van der Waals surface area contributed by atoms with E-state index in [2.05, 4.69) is 72.0 Å². The van der Waals surface area contributed by atoms with Gasteiger partial charge < -0.3 is 9.80 Å². The highest BCUT2D eigenvalue weighted by Crippen LogP contribution is 2.22. The third kappa shape index (κ3) is 3.84. The summed E-state index contributed by atoms with van der Waals surface area (Å²) in [6.07, 6.45) is 0. The minimum Gasteiger partial charge on any atom is -0.373 e. The lowest BCUT2D eigenvalue weighted by atomic mass is 10.2. The zero-order valence-electron chi connectivity index (χ0n) is 9.92. The lowest BCUT2D eigenvalue weighted by molar-refractivity contribution is 0.416. The Morgan fingerprint density at radius 1 is 1.13 bits per heavy atom. The van der Waals surface area contributed by atoms with E-state index in [-0.39, 0.29) is 0 Å². The standard InChI is InChI=1S/C12H19BrN2/c1-10-9-11(13)5-6-12(10)15(4)8-7-14(2)3/h5-6,9H,7-8H2,1-4H3. The van der Waals surface area contributed by atoms with E-state index in [1.165, 1.54) is 11.3 Å². The van der Waals surface area contributed by atoms with E-state index in [9.17, 15) is 0 Å². The van der Waals surface area contributed by atoms with Crippen LogP contribution in [0, 0.1) is 6.92 Å². The summed E-state index contributed by atoms with van der Waals surface area (Å²) in [4.78, 5) is 4.49. The van der Waals surface area contributed by atoms with Crippen LogP contribution in [-0.4, -0.2) is 39.1 Å². The molecule has 0 aliphatic rings. The van der Waals surface area contributed by atoms with Crippen LogP contribution in [0.5, 0.6) is 0 Å². The van der Waals surface area contributed by atoms with E-state index >= 15 is 0 Å². The van der Waals surface area contributed by atoms with Gasteiger partial charge in [-0.1, -0.05) is 15.9 Å². The molecule has 0 aliphatic carbocycles. The fourth-order valence-electron chi connectivity index (χ4n) is 1.52. The van der Waals surface area contributed by atoms with Crippen LogP contribution in [0.1, 0.15) is 5.56 Å². The number of likely N-dealkylation sites (N-methyl/N-ethyl adjacent to an activating group) is 2. The van der Waals surface area contributed by atoms with Crippen molar-refractivity contribution in [3.63, 3.8) is 0 Å². The molecule has 0 spiro atoms. The Morgan fingerprint density at radius 3 is 2.33 bits per heavy atom. The molecule has 0 radical (unpaired) electrons. The van der Waals surface area contributed by atoms with Crippen molar-refractivity contribution >= 4 is 21.6 Å². The van der Waals surface area contributed by atoms with Crippen molar-refractivity contribution in [1.29, 1.82) is 0 Å². The van der Waals surface area contributed by atoms with E-state index in [0.29, 0.717) is 0 Å². The summed E-state index contributed by atoms with van der Waals surface area (Å²) in [5.74, 6) is 0. The molecule has 0 aliphatic heterocycles. The molecule has 0 aromatic heterocycles.